The van der Waals surface area contributed by atoms with Gasteiger partial charge in [-0.2, -0.15) is 0 Å². The van der Waals surface area contributed by atoms with E-state index in [1.54, 1.807) is 4.90 Å². The molecule has 1 saturated heterocycles. The molecule has 0 spiro atoms. The van der Waals surface area contributed by atoms with Gasteiger partial charge >= 0.3 is 0 Å². The number of hydrogen-bond acceptors (Lipinski definition) is 3. The molecule has 24 heavy (non-hydrogen) atoms. The molecule has 2 aliphatic heterocycles. The maximum atomic E-state index is 12.7. The summed E-state index contributed by atoms with van der Waals surface area (Å²) in [6, 6.07) is 6.06. The van der Waals surface area contributed by atoms with Gasteiger partial charge in [0, 0.05) is 25.2 Å². The minimum Gasteiger partial charge on any atom is -0.358 e. The third kappa shape index (κ3) is 2.56. The molecule has 5 nitrogen and oxygen atoms in total. The van der Waals surface area contributed by atoms with Gasteiger partial charge < -0.3 is 15.1 Å². The largest absolute Gasteiger partial charge is 0.358 e. The number of fused-ring (bicyclic) bond motifs is 3. The molecule has 3 aliphatic rings. The third-order valence-corrected chi connectivity index (χ3v) is 5.72. The molecule has 1 N–H and O–H groups in total. The van der Waals surface area contributed by atoms with E-state index in [1.165, 1.54) is 12.8 Å². The number of hydrogen-bond donors (Lipinski definition) is 1. The minimum atomic E-state index is -0.0329. The first-order valence-electron chi connectivity index (χ1n) is 9.14. The van der Waals surface area contributed by atoms with Crippen molar-refractivity contribution in [2.75, 3.05) is 23.4 Å². The molecule has 0 radical (unpaired) electrons. The second-order valence-electron chi connectivity index (χ2n) is 7.26. The van der Waals surface area contributed by atoms with Gasteiger partial charge in [-0.15, -0.1) is 0 Å². The number of carbonyl (C=O) groups excluding carboxylic acids is 2. The summed E-state index contributed by atoms with van der Waals surface area (Å²) in [5.74, 6) is 0.127. The number of nitrogens with zero attached hydrogens (tertiary/aromatic N) is 2. The van der Waals surface area contributed by atoms with Crippen molar-refractivity contribution >= 4 is 23.2 Å². The molecule has 1 aromatic rings. The van der Waals surface area contributed by atoms with Gasteiger partial charge in [0.1, 0.15) is 6.04 Å². The molecule has 1 aliphatic carbocycles. The number of benzene rings is 1. The molecule has 2 fully saturated rings. The number of carbonyl (C=O) groups is 2. The van der Waals surface area contributed by atoms with Crippen molar-refractivity contribution in [3.63, 3.8) is 0 Å². The first-order valence-corrected chi connectivity index (χ1v) is 9.14. The number of amides is 2. The summed E-state index contributed by atoms with van der Waals surface area (Å²) >= 11 is 0. The fourth-order valence-corrected chi connectivity index (χ4v) is 4.33. The average molecular weight is 327 g/mol. The molecule has 2 amide bonds. The van der Waals surface area contributed by atoms with E-state index in [2.05, 4.69) is 10.2 Å². The summed E-state index contributed by atoms with van der Waals surface area (Å²) in [4.78, 5) is 29.1. The lowest BCUT2D eigenvalue weighted by Gasteiger charge is -2.44. The standard InChI is InChI=1S/C19H25N3O2/c1-21-17-12-13(18(23)20-14-6-2-3-7-14)9-10-15(17)22-11-5-4-8-16(22)19(21)24/h9-10,12,14,16H,2-8,11H2,1H3,(H,20,23)/t16-/m0/s1. The van der Waals surface area contributed by atoms with E-state index < -0.39 is 0 Å². The van der Waals surface area contributed by atoms with E-state index >= 15 is 0 Å². The topological polar surface area (TPSA) is 52.7 Å². The zero-order valence-electron chi connectivity index (χ0n) is 14.3. The van der Waals surface area contributed by atoms with Crippen molar-refractivity contribution in [3.8, 4) is 0 Å². The van der Waals surface area contributed by atoms with Crippen LogP contribution in [0.1, 0.15) is 55.3 Å². The number of likely N-dealkylation sites (N-methyl/N-ethyl adjacent to an activating group) is 1. The van der Waals surface area contributed by atoms with Crippen LogP contribution in [0.4, 0.5) is 11.4 Å². The van der Waals surface area contributed by atoms with Crippen LogP contribution in [0.15, 0.2) is 18.2 Å². The van der Waals surface area contributed by atoms with E-state index in [0.29, 0.717) is 11.6 Å². The Labute approximate surface area is 143 Å². The van der Waals surface area contributed by atoms with Crippen LogP contribution in [0.3, 0.4) is 0 Å². The van der Waals surface area contributed by atoms with Gasteiger partial charge in [-0.3, -0.25) is 9.59 Å². The fraction of sp³-hybridized carbons (Fsp3) is 0.579. The van der Waals surface area contributed by atoms with Crippen LogP contribution in [-0.4, -0.2) is 37.5 Å². The Kier molecular flexibility index (Phi) is 3.94. The Hall–Kier alpha value is -2.04. The maximum Gasteiger partial charge on any atom is 0.251 e. The van der Waals surface area contributed by atoms with Crippen molar-refractivity contribution in [2.45, 2.75) is 57.0 Å². The second kappa shape index (κ2) is 6.11. The maximum absolute atomic E-state index is 12.7. The van der Waals surface area contributed by atoms with Crippen LogP contribution >= 0.6 is 0 Å². The lowest BCUT2D eigenvalue weighted by Crippen LogP contribution is -2.54. The highest BCUT2D eigenvalue weighted by atomic mass is 16.2. The van der Waals surface area contributed by atoms with E-state index in [1.807, 2.05) is 25.2 Å². The monoisotopic (exact) mass is 327 g/mol. The number of nitrogens with one attached hydrogen (secondary N) is 1. The molecule has 0 bridgehead atoms. The quantitative estimate of drug-likeness (QED) is 0.909. The third-order valence-electron chi connectivity index (χ3n) is 5.72. The van der Waals surface area contributed by atoms with Gasteiger partial charge in [0.15, 0.2) is 0 Å². The zero-order valence-corrected chi connectivity index (χ0v) is 14.3. The molecular weight excluding hydrogens is 302 g/mol. The predicted molar refractivity (Wildman–Crippen MR) is 94.6 cm³/mol. The van der Waals surface area contributed by atoms with Crippen molar-refractivity contribution in [1.29, 1.82) is 0 Å². The molecule has 2 heterocycles. The Morgan fingerprint density at radius 1 is 1.08 bits per heavy atom. The Balaban J connectivity index is 1.62. The number of anilines is 2. The van der Waals surface area contributed by atoms with E-state index in [-0.39, 0.29) is 17.9 Å². The van der Waals surface area contributed by atoms with E-state index in [9.17, 15) is 9.59 Å². The lowest BCUT2D eigenvalue weighted by atomic mass is 9.95. The average Bonchev–Trinajstić information content (AvgIpc) is 3.12. The van der Waals surface area contributed by atoms with Crippen LogP contribution in [0.25, 0.3) is 0 Å². The van der Waals surface area contributed by atoms with E-state index in [0.717, 1.165) is 50.0 Å². The van der Waals surface area contributed by atoms with Crippen LogP contribution in [0.5, 0.6) is 0 Å². The van der Waals surface area contributed by atoms with Gasteiger partial charge in [-0.25, -0.2) is 0 Å². The molecule has 5 heteroatoms. The first kappa shape index (κ1) is 15.5. The predicted octanol–water partition coefficient (Wildman–Crippen LogP) is 2.69. The van der Waals surface area contributed by atoms with Gasteiger partial charge in [-0.1, -0.05) is 12.8 Å². The SMILES string of the molecule is CN1C(=O)[C@@H]2CCCCN2c2ccc(C(=O)NC3CCCC3)cc21. The molecular formula is C19H25N3O2. The van der Waals surface area contributed by atoms with Gasteiger partial charge in [0.25, 0.3) is 5.91 Å². The molecule has 1 saturated carbocycles. The second-order valence-corrected chi connectivity index (χ2v) is 7.26. The Morgan fingerprint density at radius 3 is 2.62 bits per heavy atom. The molecule has 128 valence electrons. The van der Waals surface area contributed by atoms with E-state index in [4.69, 9.17) is 0 Å². The molecule has 4 rings (SSSR count). The summed E-state index contributed by atoms with van der Waals surface area (Å²) < 4.78 is 0. The van der Waals surface area contributed by atoms with Crippen molar-refractivity contribution < 1.29 is 9.59 Å². The van der Waals surface area contributed by atoms with Gasteiger partial charge in [0.2, 0.25) is 5.91 Å². The van der Waals surface area contributed by atoms with Gasteiger partial charge in [-0.05, 0) is 50.3 Å². The fourth-order valence-electron chi connectivity index (χ4n) is 4.33. The highest BCUT2D eigenvalue weighted by molar-refractivity contribution is 6.07. The first-order chi connectivity index (χ1) is 11.6. The summed E-state index contributed by atoms with van der Waals surface area (Å²) in [7, 11) is 1.83. The van der Waals surface area contributed by atoms with Crippen LogP contribution in [0, 0.1) is 0 Å². The molecule has 0 aromatic heterocycles. The Morgan fingerprint density at radius 2 is 1.83 bits per heavy atom. The molecule has 1 atom stereocenters. The zero-order chi connectivity index (χ0) is 16.7. The highest BCUT2D eigenvalue weighted by Gasteiger charge is 2.38. The van der Waals surface area contributed by atoms with Crippen molar-refractivity contribution in [2.24, 2.45) is 0 Å². The smallest absolute Gasteiger partial charge is 0.251 e. The molecule has 1 aromatic carbocycles. The Bertz CT molecular complexity index is 667. The normalized spacial score (nSPS) is 23.9. The van der Waals surface area contributed by atoms with Crippen LogP contribution < -0.4 is 15.1 Å². The van der Waals surface area contributed by atoms with Crippen molar-refractivity contribution in [1.82, 2.24) is 5.32 Å². The van der Waals surface area contributed by atoms with Crippen LogP contribution in [0.2, 0.25) is 0 Å². The van der Waals surface area contributed by atoms with Crippen molar-refractivity contribution in [3.05, 3.63) is 23.8 Å². The lowest BCUT2D eigenvalue weighted by molar-refractivity contribution is -0.120. The summed E-state index contributed by atoms with van der Waals surface area (Å²) in [5, 5.41) is 3.13. The molecule has 0 unspecified atom stereocenters. The number of rotatable bonds is 2. The summed E-state index contributed by atoms with van der Waals surface area (Å²) in [6.07, 6.45) is 7.70. The number of piperidine rings is 1. The highest BCUT2D eigenvalue weighted by Crippen LogP contribution is 2.39. The summed E-state index contributed by atoms with van der Waals surface area (Å²) in [6.45, 7) is 0.921. The van der Waals surface area contributed by atoms with Gasteiger partial charge in [0.05, 0.1) is 11.4 Å². The minimum absolute atomic E-state index is 0.0219. The van der Waals surface area contributed by atoms with Crippen LogP contribution in [-0.2, 0) is 4.79 Å². The summed E-state index contributed by atoms with van der Waals surface area (Å²) in [5.41, 5.74) is 2.59.